The molecule has 2 saturated heterocycles. The molecule has 7 heteroatoms. The lowest BCUT2D eigenvalue weighted by molar-refractivity contribution is 0.0340. The van der Waals surface area contributed by atoms with Gasteiger partial charge in [0.2, 0.25) is 0 Å². The molecule has 1 aromatic rings. The molecule has 5 nitrogen and oxygen atoms in total. The van der Waals surface area contributed by atoms with Gasteiger partial charge in [0.1, 0.15) is 0 Å². The first kappa shape index (κ1) is 22.2. The van der Waals surface area contributed by atoms with Crippen molar-refractivity contribution in [3.63, 3.8) is 0 Å². The number of benzene rings is 1. The summed E-state index contributed by atoms with van der Waals surface area (Å²) in [6.07, 6.45) is 1.01. The normalized spacial score (nSPS) is 23.7. The summed E-state index contributed by atoms with van der Waals surface area (Å²) in [5, 5.41) is 0. The molecule has 142 valence electrons. The minimum atomic E-state index is 0. The smallest absolute Gasteiger partial charge is 0.254 e. The van der Waals surface area contributed by atoms with E-state index in [1.165, 1.54) is 0 Å². The van der Waals surface area contributed by atoms with Crippen molar-refractivity contribution in [3.8, 4) is 0 Å². The van der Waals surface area contributed by atoms with Crippen LogP contribution < -0.4 is 5.73 Å². The number of halogens is 2. The van der Waals surface area contributed by atoms with Crippen molar-refractivity contribution in [2.24, 2.45) is 11.7 Å². The van der Waals surface area contributed by atoms with Crippen LogP contribution in [0.15, 0.2) is 24.3 Å². The SMILES string of the molecule is CC1CC(CN)CN1C(=O)c1ccccc1CN1CCOCC1.Cl.Cl. The molecule has 2 aliphatic heterocycles. The fourth-order valence-corrected chi connectivity index (χ4v) is 3.62. The van der Waals surface area contributed by atoms with E-state index in [4.69, 9.17) is 10.5 Å². The highest BCUT2D eigenvalue weighted by Crippen LogP contribution is 2.25. The van der Waals surface area contributed by atoms with E-state index in [0.29, 0.717) is 12.5 Å². The second-order valence-corrected chi connectivity index (χ2v) is 6.69. The van der Waals surface area contributed by atoms with Crippen molar-refractivity contribution < 1.29 is 9.53 Å². The second kappa shape index (κ2) is 10.3. The molecule has 2 atom stereocenters. The molecule has 2 N–H and O–H groups in total. The first-order chi connectivity index (χ1) is 11.2. The van der Waals surface area contributed by atoms with Gasteiger partial charge in [-0.15, -0.1) is 24.8 Å². The number of nitrogens with two attached hydrogens (primary N) is 1. The molecule has 25 heavy (non-hydrogen) atoms. The van der Waals surface area contributed by atoms with Gasteiger partial charge in [0.15, 0.2) is 0 Å². The maximum absolute atomic E-state index is 13.0. The molecule has 0 aromatic heterocycles. The number of carbonyl (C=O) groups is 1. The van der Waals surface area contributed by atoms with Crippen molar-refractivity contribution in [1.29, 1.82) is 0 Å². The number of hydrogen-bond donors (Lipinski definition) is 1. The summed E-state index contributed by atoms with van der Waals surface area (Å²) in [5.41, 5.74) is 7.74. The number of amides is 1. The lowest BCUT2D eigenvalue weighted by atomic mass is 10.0. The number of morpholine rings is 1. The van der Waals surface area contributed by atoms with Gasteiger partial charge in [-0.2, -0.15) is 0 Å². The minimum Gasteiger partial charge on any atom is -0.379 e. The Morgan fingerprint density at radius 2 is 1.92 bits per heavy atom. The molecule has 3 rings (SSSR count). The number of rotatable bonds is 4. The van der Waals surface area contributed by atoms with Gasteiger partial charge in [0, 0.05) is 37.8 Å². The van der Waals surface area contributed by atoms with Gasteiger partial charge in [0.05, 0.1) is 13.2 Å². The summed E-state index contributed by atoms with van der Waals surface area (Å²) in [7, 11) is 0. The Bertz CT molecular complexity index is 553. The van der Waals surface area contributed by atoms with Crippen LogP contribution in [-0.4, -0.2) is 61.1 Å². The number of likely N-dealkylation sites (tertiary alicyclic amines) is 1. The van der Waals surface area contributed by atoms with E-state index in [1.54, 1.807) is 0 Å². The molecule has 2 fully saturated rings. The Morgan fingerprint density at radius 1 is 1.24 bits per heavy atom. The first-order valence-electron chi connectivity index (χ1n) is 8.58. The Balaban J connectivity index is 0.00000156. The van der Waals surface area contributed by atoms with E-state index >= 15 is 0 Å². The zero-order valence-electron chi connectivity index (χ0n) is 14.7. The Morgan fingerprint density at radius 3 is 2.56 bits per heavy atom. The molecule has 0 bridgehead atoms. The van der Waals surface area contributed by atoms with Crippen molar-refractivity contribution in [2.45, 2.75) is 25.9 Å². The van der Waals surface area contributed by atoms with Crippen LogP contribution >= 0.6 is 24.8 Å². The third kappa shape index (κ3) is 5.31. The number of hydrogen-bond acceptors (Lipinski definition) is 4. The average Bonchev–Trinajstić information content (AvgIpc) is 2.97. The third-order valence-corrected chi connectivity index (χ3v) is 5.00. The van der Waals surface area contributed by atoms with Gasteiger partial charge in [-0.25, -0.2) is 0 Å². The highest BCUT2D eigenvalue weighted by Gasteiger charge is 2.32. The van der Waals surface area contributed by atoms with Crippen molar-refractivity contribution in [1.82, 2.24) is 9.80 Å². The molecule has 1 amide bonds. The van der Waals surface area contributed by atoms with Crippen LogP contribution in [0.5, 0.6) is 0 Å². The van der Waals surface area contributed by atoms with Crippen molar-refractivity contribution >= 4 is 30.7 Å². The van der Waals surface area contributed by atoms with Gasteiger partial charge in [-0.3, -0.25) is 9.69 Å². The van der Waals surface area contributed by atoms with Crippen molar-refractivity contribution in [3.05, 3.63) is 35.4 Å². The van der Waals surface area contributed by atoms with E-state index in [0.717, 1.165) is 56.9 Å². The lowest BCUT2D eigenvalue weighted by Crippen LogP contribution is -2.38. The number of nitrogens with zero attached hydrogens (tertiary/aromatic N) is 2. The standard InChI is InChI=1S/C18H27N3O2.2ClH/c1-14-10-15(11-19)12-21(14)18(22)17-5-3-2-4-16(17)13-20-6-8-23-9-7-20;;/h2-5,14-15H,6-13,19H2,1H3;2*1H. The molecule has 0 radical (unpaired) electrons. The van der Waals surface area contributed by atoms with Crippen LogP contribution in [0.4, 0.5) is 0 Å². The van der Waals surface area contributed by atoms with Gasteiger partial charge in [0.25, 0.3) is 5.91 Å². The molecule has 2 unspecified atom stereocenters. The van der Waals surface area contributed by atoms with Gasteiger partial charge in [-0.1, -0.05) is 18.2 Å². The van der Waals surface area contributed by atoms with Crippen LogP contribution in [0.2, 0.25) is 0 Å². The summed E-state index contributed by atoms with van der Waals surface area (Å²) in [4.78, 5) is 17.4. The predicted octanol–water partition coefficient (Wildman–Crippen LogP) is 2.17. The van der Waals surface area contributed by atoms with Gasteiger partial charge >= 0.3 is 0 Å². The first-order valence-corrected chi connectivity index (χ1v) is 8.58. The van der Waals surface area contributed by atoms with Crippen LogP contribution in [0.3, 0.4) is 0 Å². The summed E-state index contributed by atoms with van der Waals surface area (Å²) in [6, 6.07) is 8.28. The number of carbonyl (C=O) groups excluding carboxylic acids is 1. The van der Waals surface area contributed by atoms with Gasteiger partial charge < -0.3 is 15.4 Å². The lowest BCUT2D eigenvalue weighted by Gasteiger charge is -2.28. The van der Waals surface area contributed by atoms with Crippen LogP contribution in [0, 0.1) is 5.92 Å². The summed E-state index contributed by atoms with van der Waals surface area (Å²) >= 11 is 0. The highest BCUT2D eigenvalue weighted by atomic mass is 35.5. The van der Waals surface area contributed by atoms with E-state index in [2.05, 4.69) is 17.9 Å². The molecule has 0 saturated carbocycles. The van der Waals surface area contributed by atoms with E-state index in [9.17, 15) is 4.79 Å². The van der Waals surface area contributed by atoms with Crippen LogP contribution in [0.25, 0.3) is 0 Å². The maximum Gasteiger partial charge on any atom is 0.254 e. The fourth-order valence-electron chi connectivity index (χ4n) is 3.62. The Hall–Kier alpha value is -0.850. The largest absolute Gasteiger partial charge is 0.379 e. The Labute approximate surface area is 162 Å². The molecule has 0 aliphatic carbocycles. The second-order valence-electron chi connectivity index (χ2n) is 6.69. The summed E-state index contributed by atoms with van der Waals surface area (Å²) in [5.74, 6) is 0.581. The minimum absolute atomic E-state index is 0. The molecular weight excluding hydrogens is 361 g/mol. The zero-order valence-corrected chi connectivity index (χ0v) is 16.4. The Kier molecular flexibility index (Phi) is 9.17. The molecular formula is C18H29Cl2N3O2. The molecule has 2 aliphatic rings. The summed E-state index contributed by atoms with van der Waals surface area (Å²) < 4.78 is 5.41. The van der Waals surface area contributed by atoms with Crippen LogP contribution in [0.1, 0.15) is 29.3 Å². The van der Waals surface area contributed by atoms with Gasteiger partial charge in [-0.05, 0) is 37.4 Å². The monoisotopic (exact) mass is 389 g/mol. The fraction of sp³-hybridized carbons (Fsp3) is 0.611. The van der Waals surface area contributed by atoms with E-state index in [1.807, 2.05) is 23.1 Å². The topological polar surface area (TPSA) is 58.8 Å². The average molecular weight is 390 g/mol. The van der Waals surface area contributed by atoms with E-state index < -0.39 is 0 Å². The van der Waals surface area contributed by atoms with Crippen molar-refractivity contribution in [2.75, 3.05) is 39.4 Å². The maximum atomic E-state index is 13.0. The number of ether oxygens (including phenoxy) is 1. The summed E-state index contributed by atoms with van der Waals surface area (Å²) in [6.45, 7) is 7.78. The highest BCUT2D eigenvalue weighted by molar-refractivity contribution is 5.96. The predicted molar refractivity (Wildman–Crippen MR) is 105 cm³/mol. The van der Waals surface area contributed by atoms with E-state index in [-0.39, 0.29) is 36.8 Å². The third-order valence-electron chi connectivity index (χ3n) is 5.00. The quantitative estimate of drug-likeness (QED) is 0.856. The molecule has 2 heterocycles. The zero-order chi connectivity index (χ0) is 16.2. The van der Waals surface area contributed by atoms with Crippen LogP contribution in [-0.2, 0) is 11.3 Å². The molecule has 0 spiro atoms. The molecule has 1 aromatic carbocycles.